The fourth-order valence-corrected chi connectivity index (χ4v) is 4.62. The quantitative estimate of drug-likeness (QED) is 0.650. The molecule has 17 heavy (non-hydrogen) atoms. The van der Waals surface area contributed by atoms with Crippen LogP contribution >= 0.6 is 0 Å². The molecule has 1 aromatic carbocycles. The van der Waals surface area contributed by atoms with Crippen molar-refractivity contribution in [1.29, 1.82) is 0 Å². The van der Waals surface area contributed by atoms with E-state index in [1.807, 2.05) is 5.57 Å². The summed E-state index contributed by atoms with van der Waals surface area (Å²) in [5.41, 5.74) is 5.05. The summed E-state index contributed by atoms with van der Waals surface area (Å²) in [7, 11) is 0. The molecule has 88 valence electrons. The molecule has 4 bridgehead atoms. The molecule has 5 rings (SSSR count). The van der Waals surface area contributed by atoms with Crippen LogP contribution in [-0.4, -0.2) is 0 Å². The van der Waals surface area contributed by atoms with Crippen LogP contribution in [0.5, 0.6) is 0 Å². The third kappa shape index (κ3) is 1.66. The maximum absolute atomic E-state index is 2.31. The van der Waals surface area contributed by atoms with Crippen LogP contribution in [0.15, 0.2) is 35.9 Å². The van der Waals surface area contributed by atoms with Crippen LogP contribution in [0.3, 0.4) is 0 Å². The second-order valence-electron chi connectivity index (χ2n) is 6.37. The largest absolute Gasteiger partial charge is 0.0659 e. The molecule has 0 heteroatoms. The van der Waals surface area contributed by atoms with Gasteiger partial charge in [0.2, 0.25) is 0 Å². The summed E-state index contributed by atoms with van der Waals surface area (Å²) < 4.78 is 0. The van der Waals surface area contributed by atoms with E-state index in [1.165, 1.54) is 44.1 Å². The molecule has 2 fully saturated rings. The van der Waals surface area contributed by atoms with Gasteiger partial charge < -0.3 is 0 Å². The molecule has 0 radical (unpaired) electrons. The second kappa shape index (κ2) is 3.73. The van der Waals surface area contributed by atoms with Gasteiger partial charge in [0.15, 0.2) is 0 Å². The zero-order chi connectivity index (χ0) is 11.2. The van der Waals surface area contributed by atoms with Gasteiger partial charge >= 0.3 is 0 Å². The first-order chi connectivity index (χ1) is 8.38. The number of rotatable bonds is 1. The second-order valence-corrected chi connectivity index (χ2v) is 6.37. The van der Waals surface area contributed by atoms with Crippen molar-refractivity contribution in [3.05, 3.63) is 41.5 Å². The molecule has 0 N–H and O–H groups in total. The molecule has 0 aromatic heterocycles. The molecule has 2 saturated carbocycles. The Bertz CT molecular complexity index is 438. The standard InChI is InChI=1S/C17H20/c1-2-4-15(5-3-1)17-11-14-7-12-6-13(8-14)10-16(17)9-12/h1-5,12-14H,6-11H2/t12-,13+,14?. The van der Waals surface area contributed by atoms with Crippen LogP contribution in [0.1, 0.15) is 44.1 Å². The van der Waals surface area contributed by atoms with Gasteiger partial charge in [-0.3, -0.25) is 0 Å². The number of benzene rings is 1. The summed E-state index contributed by atoms with van der Waals surface area (Å²) in [6.45, 7) is 0. The van der Waals surface area contributed by atoms with Gasteiger partial charge in [-0.05, 0) is 67.4 Å². The van der Waals surface area contributed by atoms with E-state index in [2.05, 4.69) is 30.3 Å². The topological polar surface area (TPSA) is 0 Å². The van der Waals surface area contributed by atoms with Crippen molar-refractivity contribution in [1.82, 2.24) is 0 Å². The van der Waals surface area contributed by atoms with Crippen molar-refractivity contribution in [2.75, 3.05) is 0 Å². The Kier molecular flexibility index (Phi) is 2.18. The predicted octanol–water partition coefficient (Wildman–Crippen LogP) is 4.67. The summed E-state index contributed by atoms with van der Waals surface area (Å²) >= 11 is 0. The minimum Gasteiger partial charge on any atom is -0.0659 e. The highest BCUT2D eigenvalue weighted by Crippen LogP contribution is 2.52. The van der Waals surface area contributed by atoms with Crippen molar-refractivity contribution < 1.29 is 0 Å². The van der Waals surface area contributed by atoms with Crippen molar-refractivity contribution in [2.45, 2.75) is 38.5 Å². The Morgan fingerprint density at radius 3 is 1.94 bits per heavy atom. The minimum atomic E-state index is 0.994. The molecule has 1 aromatic rings. The molecule has 0 amide bonds. The molecule has 0 nitrogen and oxygen atoms in total. The normalized spacial score (nSPS) is 35.2. The van der Waals surface area contributed by atoms with E-state index in [0.717, 1.165) is 17.8 Å². The Balaban J connectivity index is 1.80. The zero-order valence-electron chi connectivity index (χ0n) is 10.4. The van der Waals surface area contributed by atoms with E-state index >= 15 is 0 Å². The van der Waals surface area contributed by atoms with Gasteiger partial charge in [0.1, 0.15) is 0 Å². The number of allylic oxidation sites excluding steroid dienone is 2. The Morgan fingerprint density at radius 2 is 1.29 bits per heavy atom. The summed E-state index contributed by atoms with van der Waals surface area (Å²) in [4.78, 5) is 0. The lowest BCUT2D eigenvalue weighted by atomic mass is 9.68. The van der Waals surface area contributed by atoms with Crippen molar-refractivity contribution in [3.63, 3.8) is 0 Å². The number of hydrogen-bond donors (Lipinski definition) is 0. The van der Waals surface area contributed by atoms with E-state index in [1.54, 1.807) is 5.57 Å². The van der Waals surface area contributed by atoms with Gasteiger partial charge in [-0.2, -0.15) is 0 Å². The van der Waals surface area contributed by atoms with Crippen LogP contribution in [0, 0.1) is 17.8 Å². The lowest BCUT2D eigenvalue weighted by molar-refractivity contribution is 0.179. The molecule has 0 heterocycles. The maximum atomic E-state index is 2.31. The SMILES string of the molecule is c1ccc(C2=C3C[C@@H]4CC(C2)C[C@H](C3)C4)cc1. The van der Waals surface area contributed by atoms with Crippen LogP contribution < -0.4 is 0 Å². The highest BCUT2D eigenvalue weighted by molar-refractivity contribution is 5.70. The van der Waals surface area contributed by atoms with Crippen molar-refractivity contribution >= 4 is 5.57 Å². The molecule has 3 atom stereocenters. The molecule has 0 spiro atoms. The first-order valence-electron chi connectivity index (χ1n) is 7.15. The lowest BCUT2D eigenvalue weighted by Gasteiger charge is -2.37. The molecular weight excluding hydrogens is 204 g/mol. The molecule has 1 unspecified atom stereocenters. The smallest absolute Gasteiger partial charge is 0.0225 e. The fourth-order valence-electron chi connectivity index (χ4n) is 4.62. The number of hydrogen-bond acceptors (Lipinski definition) is 0. The molecule has 0 aliphatic heterocycles. The van der Waals surface area contributed by atoms with Crippen LogP contribution in [-0.2, 0) is 0 Å². The third-order valence-corrected chi connectivity index (χ3v) is 5.11. The summed E-state index contributed by atoms with van der Waals surface area (Å²) in [6, 6.07) is 11.1. The number of fused-ring (bicyclic) bond motifs is 1. The van der Waals surface area contributed by atoms with Crippen LogP contribution in [0.4, 0.5) is 0 Å². The average molecular weight is 224 g/mol. The maximum Gasteiger partial charge on any atom is -0.0225 e. The Labute approximate surface area is 104 Å². The van der Waals surface area contributed by atoms with Gasteiger partial charge in [-0.15, -0.1) is 0 Å². The van der Waals surface area contributed by atoms with Gasteiger partial charge in [-0.25, -0.2) is 0 Å². The predicted molar refractivity (Wildman–Crippen MR) is 71.5 cm³/mol. The average Bonchev–Trinajstić information content (AvgIpc) is 2.55. The zero-order valence-corrected chi connectivity index (χ0v) is 10.4. The first kappa shape index (κ1) is 9.94. The lowest BCUT2D eigenvalue weighted by Crippen LogP contribution is -2.25. The fraction of sp³-hybridized carbons (Fsp3) is 0.529. The van der Waals surface area contributed by atoms with Gasteiger partial charge in [0.25, 0.3) is 0 Å². The molecule has 4 aliphatic carbocycles. The first-order valence-corrected chi connectivity index (χ1v) is 7.15. The van der Waals surface area contributed by atoms with Gasteiger partial charge in [0, 0.05) is 0 Å². The van der Waals surface area contributed by atoms with Crippen molar-refractivity contribution in [2.24, 2.45) is 17.8 Å². The highest BCUT2D eigenvalue weighted by Gasteiger charge is 2.38. The summed E-state index contributed by atoms with van der Waals surface area (Å²) in [5, 5.41) is 0. The van der Waals surface area contributed by atoms with E-state index in [9.17, 15) is 0 Å². The molecule has 4 aliphatic rings. The highest BCUT2D eigenvalue weighted by atomic mass is 14.4. The monoisotopic (exact) mass is 224 g/mol. The van der Waals surface area contributed by atoms with Crippen LogP contribution in [0.25, 0.3) is 5.57 Å². The van der Waals surface area contributed by atoms with Gasteiger partial charge in [-0.1, -0.05) is 35.9 Å². The Morgan fingerprint density at radius 1 is 0.706 bits per heavy atom. The van der Waals surface area contributed by atoms with Crippen LogP contribution in [0.2, 0.25) is 0 Å². The van der Waals surface area contributed by atoms with Gasteiger partial charge in [0.05, 0.1) is 0 Å². The summed E-state index contributed by atoms with van der Waals surface area (Å²) in [6.07, 6.45) is 8.75. The van der Waals surface area contributed by atoms with E-state index in [4.69, 9.17) is 0 Å². The molecular formula is C17H20. The Hall–Kier alpha value is -1.04. The van der Waals surface area contributed by atoms with E-state index in [-0.39, 0.29) is 0 Å². The summed E-state index contributed by atoms with van der Waals surface area (Å²) in [5.74, 6) is 3.06. The minimum absolute atomic E-state index is 0.994. The van der Waals surface area contributed by atoms with E-state index < -0.39 is 0 Å². The van der Waals surface area contributed by atoms with Crippen molar-refractivity contribution in [3.8, 4) is 0 Å². The molecule has 0 saturated heterocycles. The third-order valence-electron chi connectivity index (χ3n) is 5.11. The van der Waals surface area contributed by atoms with E-state index in [0.29, 0.717) is 0 Å².